The fourth-order valence-electron chi connectivity index (χ4n) is 3.22. The van der Waals surface area contributed by atoms with Crippen molar-refractivity contribution >= 4 is 28.3 Å². The number of carbonyl (C=O) groups is 2. The Hall–Kier alpha value is -3.92. The van der Waals surface area contributed by atoms with Crippen LogP contribution >= 0.6 is 0 Å². The molecule has 0 aliphatic heterocycles. The smallest absolute Gasteiger partial charge is 0.312 e. The maximum atomic E-state index is 13.0. The second kappa shape index (κ2) is 9.70. The monoisotopic (exact) mass is 445 g/mol. The Balaban J connectivity index is 1.87. The van der Waals surface area contributed by atoms with Gasteiger partial charge >= 0.3 is 5.97 Å². The molecule has 170 valence electrons. The number of fused-ring (bicyclic) bond motifs is 1. The third kappa shape index (κ3) is 5.66. The van der Waals surface area contributed by atoms with Crippen LogP contribution in [-0.2, 0) is 22.8 Å². The SMILES string of the molecule is C#CCN(Cc1ccc2ncn(COC(=O)C(C)(C)C)c(=O)c2c1)c1ccc(C(C)=O)cc1. The molecule has 2 aromatic carbocycles. The third-order valence-corrected chi connectivity index (χ3v) is 5.13. The first-order chi connectivity index (χ1) is 15.6. The van der Waals surface area contributed by atoms with Gasteiger partial charge in [0.15, 0.2) is 12.5 Å². The molecule has 1 heterocycles. The van der Waals surface area contributed by atoms with Crippen molar-refractivity contribution in [3.8, 4) is 12.3 Å². The number of terminal acetylenes is 1. The summed E-state index contributed by atoms with van der Waals surface area (Å²) in [5.41, 5.74) is 1.97. The van der Waals surface area contributed by atoms with Crippen LogP contribution in [0.5, 0.6) is 0 Å². The molecule has 0 N–H and O–H groups in total. The molecule has 3 rings (SSSR count). The van der Waals surface area contributed by atoms with E-state index in [1.54, 1.807) is 45.0 Å². The number of ketones is 1. The Morgan fingerprint density at radius 2 is 1.85 bits per heavy atom. The minimum absolute atomic E-state index is 0.00321. The van der Waals surface area contributed by atoms with E-state index in [1.165, 1.54) is 17.8 Å². The van der Waals surface area contributed by atoms with Crippen LogP contribution in [0, 0.1) is 17.8 Å². The minimum Gasteiger partial charge on any atom is -0.443 e. The summed E-state index contributed by atoms with van der Waals surface area (Å²) in [6.07, 6.45) is 6.95. The van der Waals surface area contributed by atoms with E-state index in [1.807, 2.05) is 23.1 Å². The highest BCUT2D eigenvalue weighted by Crippen LogP contribution is 2.20. The van der Waals surface area contributed by atoms with Gasteiger partial charge in [-0.2, -0.15) is 0 Å². The van der Waals surface area contributed by atoms with Gasteiger partial charge in [-0.15, -0.1) is 6.42 Å². The van der Waals surface area contributed by atoms with E-state index >= 15 is 0 Å². The van der Waals surface area contributed by atoms with Crippen molar-refractivity contribution in [3.05, 3.63) is 70.3 Å². The lowest BCUT2D eigenvalue weighted by Crippen LogP contribution is -2.28. The number of carbonyl (C=O) groups excluding carboxylic acids is 2. The lowest BCUT2D eigenvalue weighted by molar-refractivity contribution is -0.157. The molecule has 3 aromatic rings. The Morgan fingerprint density at radius 1 is 1.15 bits per heavy atom. The average Bonchev–Trinajstić information content (AvgIpc) is 2.78. The summed E-state index contributed by atoms with van der Waals surface area (Å²) >= 11 is 0. The van der Waals surface area contributed by atoms with Gasteiger partial charge in [-0.3, -0.25) is 19.0 Å². The number of hydrogen-bond acceptors (Lipinski definition) is 6. The van der Waals surface area contributed by atoms with E-state index < -0.39 is 11.4 Å². The van der Waals surface area contributed by atoms with Crippen LogP contribution in [0.3, 0.4) is 0 Å². The van der Waals surface area contributed by atoms with Gasteiger partial charge in [0.25, 0.3) is 5.56 Å². The van der Waals surface area contributed by atoms with Crippen molar-refractivity contribution in [2.75, 3.05) is 11.4 Å². The number of rotatable bonds is 7. The first-order valence-electron chi connectivity index (χ1n) is 10.5. The van der Waals surface area contributed by atoms with Crippen molar-refractivity contribution in [2.24, 2.45) is 5.41 Å². The van der Waals surface area contributed by atoms with Gasteiger partial charge in [0.1, 0.15) is 6.33 Å². The highest BCUT2D eigenvalue weighted by Gasteiger charge is 2.23. The number of esters is 1. The van der Waals surface area contributed by atoms with Gasteiger partial charge in [-0.1, -0.05) is 12.0 Å². The number of Topliss-reactive ketones (excluding diaryl/α,β-unsaturated/α-hetero) is 1. The zero-order valence-corrected chi connectivity index (χ0v) is 19.3. The molecule has 0 unspecified atom stereocenters. The lowest BCUT2D eigenvalue weighted by Gasteiger charge is -2.23. The van der Waals surface area contributed by atoms with Crippen molar-refractivity contribution < 1.29 is 14.3 Å². The Labute approximate surface area is 193 Å². The molecule has 0 amide bonds. The largest absolute Gasteiger partial charge is 0.443 e. The average molecular weight is 446 g/mol. The molecule has 0 atom stereocenters. The predicted molar refractivity (Wildman–Crippen MR) is 128 cm³/mol. The molecule has 1 aromatic heterocycles. The molecule has 0 fully saturated rings. The summed E-state index contributed by atoms with van der Waals surface area (Å²) in [6, 6.07) is 12.7. The molecule has 33 heavy (non-hydrogen) atoms. The molecule has 0 saturated heterocycles. The van der Waals surface area contributed by atoms with Crippen molar-refractivity contribution in [1.82, 2.24) is 9.55 Å². The number of nitrogens with zero attached hydrogens (tertiary/aromatic N) is 3. The summed E-state index contributed by atoms with van der Waals surface area (Å²) in [7, 11) is 0. The predicted octanol–water partition coefficient (Wildman–Crippen LogP) is 3.79. The van der Waals surface area contributed by atoms with E-state index in [9.17, 15) is 14.4 Å². The standard InChI is InChI=1S/C26H27N3O4/c1-6-13-28(21-10-8-20(9-11-21)18(2)30)15-19-7-12-23-22(14-19)24(31)29(16-27-23)17-33-25(32)26(3,4)5/h1,7-12,14,16H,13,15,17H2,2-5H3. The van der Waals surface area contributed by atoms with Crippen LogP contribution in [0.15, 0.2) is 53.6 Å². The van der Waals surface area contributed by atoms with Gasteiger partial charge in [-0.25, -0.2) is 4.98 Å². The molecule has 7 nitrogen and oxygen atoms in total. The van der Waals surface area contributed by atoms with Crippen LogP contribution in [0.2, 0.25) is 0 Å². The van der Waals surface area contributed by atoms with E-state index in [2.05, 4.69) is 10.9 Å². The second-order valence-electron chi connectivity index (χ2n) is 8.85. The molecule has 0 saturated carbocycles. The summed E-state index contributed by atoms with van der Waals surface area (Å²) in [6.45, 7) is 7.39. The van der Waals surface area contributed by atoms with Crippen molar-refractivity contribution in [1.29, 1.82) is 0 Å². The minimum atomic E-state index is -0.663. The van der Waals surface area contributed by atoms with Crippen LogP contribution in [0.1, 0.15) is 43.6 Å². The van der Waals surface area contributed by atoms with Crippen molar-refractivity contribution in [2.45, 2.75) is 41.0 Å². The third-order valence-electron chi connectivity index (χ3n) is 5.13. The molecule has 0 spiro atoms. The first kappa shape index (κ1) is 23.7. The number of aromatic nitrogens is 2. The van der Waals surface area contributed by atoms with Crippen LogP contribution < -0.4 is 10.5 Å². The van der Waals surface area contributed by atoms with Crippen LogP contribution in [0.4, 0.5) is 5.69 Å². The molecule has 7 heteroatoms. The van der Waals surface area contributed by atoms with E-state index in [4.69, 9.17) is 11.2 Å². The van der Waals surface area contributed by atoms with E-state index in [0.717, 1.165) is 11.3 Å². The van der Waals surface area contributed by atoms with E-state index in [-0.39, 0.29) is 18.1 Å². The Bertz CT molecular complexity index is 1280. The Kier molecular flexibility index (Phi) is 6.98. The van der Waals surface area contributed by atoms with Gasteiger partial charge < -0.3 is 9.64 Å². The first-order valence-corrected chi connectivity index (χ1v) is 10.5. The van der Waals surface area contributed by atoms with Gasteiger partial charge in [-0.05, 0) is 69.7 Å². The van der Waals surface area contributed by atoms with Crippen LogP contribution in [0.25, 0.3) is 10.9 Å². The Morgan fingerprint density at radius 3 is 2.45 bits per heavy atom. The van der Waals surface area contributed by atoms with Crippen molar-refractivity contribution in [3.63, 3.8) is 0 Å². The molecular formula is C26H27N3O4. The second-order valence-corrected chi connectivity index (χ2v) is 8.85. The number of hydrogen-bond donors (Lipinski definition) is 0. The molecule has 0 aliphatic carbocycles. The van der Waals surface area contributed by atoms with Gasteiger partial charge in [0, 0.05) is 17.8 Å². The normalized spacial score (nSPS) is 11.1. The molecule has 0 aliphatic rings. The topological polar surface area (TPSA) is 81.5 Å². The molecule has 0 radical (unpaired) electrons. The zero-order chi connectivity index (χ0) is 24.2. The summed E-state index contributed by atoms with van der Waals surface area (Å²) in [4.78, 5) is 42.9. The maximum Gasteiger partial charge on any atom is 0.312 e. The molecule has 0 bridgehead atoms. The van der Waals surface area contributed by atoms with Gasteiger partial charge in [0.05, 0.1) is 22.9 Å². The zero-order valence-electron chi connectivity index (χ0n) is 19.3. The van der Waals surface area contributed by atoms with Gasteiger partial charge in [0.2, 0.25) is 0 Å². The van der Waals surface area contributed by atoms with Crippen LogP contribution in [-0.4, -0.2) is 27.8 Å². The maximum absolute atomic E-state index is 13.0. The number of benzene rings is 2. The highest BCUT2D eigenvalue weighted by molar-refractivity contribution is 5.94. The highest BCUT2D eigenvalue weighted by atomic mass is 16.5. The van der Waals surface area contributed by atoms with E-state index in [0.29, 0.717) is 29.6 Å². The molecular weight excluding hydrogens is 418 g/mol. The summed E-state index contributed by atoms with van der Waals surface area (Å²) in [5.74, 6) is 2.25. The quantitative estimate of drug-likeness (QED) is 0.313. The summed E-state index contributed by atoms with van der Waals surface area (Å²) < 4.78 is 6.54. The fraction of sp³-hybridized carbons (Fsp3) is 0.308. The number of anilines is 1. The fourth-order valence-corrected chi connectivity index (χ4v) is 3.22. The lowest BCUT2D eigenvalue weighted by atomic mass is 9.98. The number of ether oxygens (including phenoxy) is 1. The summed E-state index contributed by atoms with van der Waals surface area (Å²) in [5, 5.41) is 0.425.